The molecule has 146 valence electrons. The van der Waals surface area contributed by atoms with Crippen LogP contribution in [0.5, 0.6) is 0 Å². The Labute approximate surface area is 164 Å². The second-order valence-corrected chi connectivity index (χ2v) is 6.83. The smallest absolute Gasteiger partial charge is 0.337 e. The number of aliphatic hydroxyl groups is 1. The summed E-state index contributed by atoms with van der Waals surface area (Å²) in [5.41, 5.74) is 0.557. The van der Waals surface area contributed by atoms with E-state index >= 15 is 0 Å². The van der Waals surface area contributed by atoms with E-state index in [2.05, 4.69) is 5.32 Å². The topological polar surface area (TPSA) is 122 Å². The molecule has 0 spiro atoms. The third kappa shape index (κ3) is 3.73. The number of hydrogen-bond acceptors (Lipinski definition) is 8. The first-order valence-corrected chi connectivity index (χ1v) is 9.15. The molecule has 0 radical (unpaired) electrons. The van der Waals surface area contributed by atoms with E-state index in [1.165, 1.54) is 29.4 Å². The highest BCUT2D eigenvalue weighted by atomic mass is 32.1. The summed E-state index contributed by atoms with van der Waals surface area (Å²) in [4.78, 5) is 37.8. The van der Waals surface area contributed by atoms with Gasteiger partial charge in [0.1, 0.15) is 11.4 Å². The van der Waals surface area contributed by atoms with Crippen molar-refractivity contribution in [3.8, 4) is 10.4 Å². The molecule has 2 N–H and O–H groups in total. The van der Waals surface area contributed by atoms with Crippen molar-refractivity contribution in [3.63, 3.8) is 0 Å². The molecule has 2 aromatic rings. The van der Waals surface area contributed by atoms with Crippen molar-refractivity contribution in [3.05, 3.63) is 57.1 Å². The molecule has 1 aromatic heterocycles. The summed E-state index contributed by atoms with van der Waals surface area (Å²) >= 11 is 1.47. The van der Waals surface area contributed by atoms with Crippen LogP contribution < -0.4 is 5.32 Å². The van der Waals surface area contributed by atoms with E-state index in [4.69, 9.17) is 9.84 Å². The third-order valence-corrected chi connectivity index (χ3v) is 5.13. The lowest BCUT2D eigenvalue weighted by atomic mass is 10.1. The minimum atomic E-state index is -0.714. The SMILES string of the molecule is COC(=O)C1=C(Nc2cc(-c3cccs3)ccc2[N+](=O)[O-])C(=O)N(CCO)C1. The number of rotatable bonds is 7. The van der Waals surface area contributed by atoms with E-state index in [1.807, 2.05) is 17.5 Å². The first-order chi connectivity index (χ1) is 13.5. The third-order valence-electron chi connectivity index (χ3n) is 4.21. The molecule has 1 amide bonds. The highest BCUT2D eigenvalue weighted by molar-refractivity contribution is 7.13. The molecule has 28 heavy (non-hydrogen) atoms. The van der Waals surface area contributed by atoms with Crippen molar-refractivity contribution in [1.29, 1.82) is 0 Å². The van der Waals surface area contributed by atoms with Crippen molar-refractivity contribution in [2.75, 3.05) is 32.1 Å². The molecule has 1 aromatic carbocycles. The first kappa shape index (κ1) is 19.5. The van der Waals surface area contributed by atoms with Crippen LogP contribution in [-0.2, 0) is 14.3 Å². The number of ether oxygens (including phenoxy) is 1. The van der Waals surface area contributed by atoms with Crippen LogP contribution in [0.3, 0.4) is 0 Å². The Morgan fingerprint density at radius 1 is 1.43 bits per heavy atom. The molecule has 9 nitrogen and oxygen atoms in total. The second kappa shape index (κ2) is 8.19. The van der Waals surface area contributed by atoms with Gasteiger partial charge in [0.15, 0.2) is 0 Å². The molecule has 10 heteroatoms. The molecule has 0 aliphatic carbocycles. The van der Waals surface area contributed by atoms with E-state index in [0.29, 0.717) is 0 Å². The summed E-state index contributed by atoms with van der Waals surface area (Å²) < 4.78 is 4.73. The number of nitrogens with zero attached hydrogens (tertiary/aromatic N) is 2. The number of nitro benzene ring substituents is 1. The van der Waals surface area contributed by atoms with Crippen molar-refractivity contribution < 1.29 is 24.4 Å². The maximum absolute atomic E-state index is 12.6. The van der Waals surface area contributed by atoms with Crippen LogP contribution >= 0.6 is 11.3 Å². The lowest BCUT2D eigenvalue weighted by Gasteiger charge is -2.15. The molecule has 0 fully saturated rings. The van der Waals surface area contributed by atoms with E-state index in [1.54, 1.807) is 12.1 Å². The Morgan fingerprint density at radius 3 is 2.82 bits per heavy atom. The maximum atomic E-state index is 12.6. The van der Waals surface area contributed by atoms with Gasteiger partial charge in [-0.25, -0.2) is 4.79 Å². The molecular formula is C18H17N3O6S. The second-order valence-electron chi connectivity index (χ2n) is 5.89. The number of anilines is 1. The van der Waals surface area contributed by atoms with Gasteiger partial charge in [0.05, 0.1) is 30.8 Å². The van der Waals surface area contributed by atoms with Crippen LogP contribution in [0.15, 0.2) is 47.0 Å². The number of methoxy groups -OCH3 is 1. The normalized spacial score (nSPS) is 13.8. The monoisotopic (exact) mass is 403 g/mol. The molecule has 2 heterocycles. The van der Waals surface area contributed by atoms with Crippen molar-refractivity contribution in [1.82, 2.24) is 4.90 Å². The van der Waals surface area contributed by atoms with Gasteiger partial charge in [-0.3, -0.25) is 14.9 Å². The summed E-state index contributed by atoms with van der Waals surface area (Å²) in [6.45, 7) is -0.296. The maximum Gasteiger partial charge on any atom is 0.337 e. The Hall–Kier alpha value is -3.24. The summed E-state index contributed by atoms with van der Waals surface area (Å²) in [6.07, 6.45) is 0. The van der Waals surface area contributed by atoms with Crippen LogP contribution in [0, 0.1) is 10.1 Å². The number of β-amino-alcohol motifs (C(OH)–C–C–N with tert-alkyl or cyclic N) is 1. The van der Waals surface area contributed by atoms with E-state index in [0.717, 1.165) is 10.4 Å². The number of nitro groups is 1. The number of hydrogen-bond donors (Lipinski definition) is 2. The fourth-order valence-corrected chi connectivity index (χ4v) is 3.60. The molecule has 0 atom stereocenters. The van der Waals surface area contributed by atoms with Gasteiger partial charge in [-0.2, -0.15) is 0 Å². The quantitative estimate of drug-likeness (QED) is 0.412. The number of carbonyl (C=O) groups is 2. The van der Waals surface area contributed by atoms with Crippen molar-refractivity contribution >= 4 is 34.6 Å². The molecule has 1 aliphatic heterocycles. The summed E-state index contributed by atoms with van der Waals surface area (Å²) in [7, 11) is 1.19. The Kier molecular flexibility index (Phi) is 5.71. The average molecular weight is 403 g/mol. The average Bonchev–Trinajstić information content (AvgIpc) is 3.32. The van der Waals surface area contributed by atoms with Gasteiger partial charge in [0.2, 0.25) is 0 Å². The van der Waals surface area contributed by atoms with Crippen LogP contribution in [0.2, 0.25) is 0 Å². The zero-order valence-corrected chi connectivity index (χ0v) is 15.7. The molecule has 0 unspecified atom stereocenters. The fourth-order valence-electron chi connectivity index (χ4n) is 2.88. The summed E-state index contributed by atoms with van der Waals surface area (Å²) in [5.74, 6) is -1.25. The molecule has 1 aliphatic rings. The fraction of sp³-hybridized carbons (Fsp3) is 0.222. The molecule has 0 saturated heterocycles. The number of aliphatic hydroxyl groups excluding tert-OH is 1. The van der Waals surface area contributed by atoms with Gasteiger partial charge >= 0.3 is 5.97 Å². The predicted molar refractivity (Wildman–Crippen MR) is 103 cm³/mol. The highest BCUT2D eigenvalue weighted by Gasteiger charge is 2.35. The van der Waals surface area contributed by atoms with Gasteiger partial charge in [-0.15, -0.1) is 11.3 Å². The number of nitrogens with one attached hydrogen (secondary N) is 1. The summed E-state index contributed by atoms with van der Waals surface area (Å²) in [5, 5.41) is 25.2. The van der Waals surface area contributed by atoms with Crippen LogP contribution in [0.4, 0.5) is 11.4 Å². The van der Waals surface area contributed by atoms with Gasteiger partial charge in [-0.1, -0.05) is 6.07 Å². The zero-order chi connectivity index (χ0) is 20.3. The molecule has 0 saturated carbocycles. The first-order valence-electron chi connectivity index (χ1n) is 8.27. The van der Waals surface area contributed by atoms with Crippen molar-refractivity contribution in [2.24, 2.45) is 0 Å². The van der Waals surface area contributed by atoms with Crippen LogP contribution in [0.1, 0.15) is 0 Å². The number of benzene rings is 1. The van der Waals surface area contributed by atoms with E-state index in [9.17, 15) is 19.7 Å². The van der Waals surface area contributed by atoms with Gasteiger partial charge < -0.3 is 20.1 Å². The number of esters is 1. The van der Waals surface area contributed by atoms with E-state index < -0.39 is 16.8 Å². The zero-order valence-electron chi connectivity index (χ0n) is 14.9. The molecular weight excluding hydrogens is 386 g/mol. The Bertz CT molecular complexity index is 954. The van der Waals surface area contributed by atoms with Gasteiger partial charge in [0.25, 0.3) is 11.6 Å². The van der Waals surface area contributed by atoms with Gasteiger partial charge in [-0.05, 0) is 29.1 Å². The Balaban J connectivity index is 2.04. The molecule has 0 bridgehead atoms. The highest BCUT2D eigenvalue weighted by Crippen LogP contribution is 2.34. The minimum absolute atomic E-state index is 0.0296. The number of thiophene rings is 1. The Morgan fingerprint density at radius 2 is 2.21 bits per heavy atom. The largest absolute Gasteiger partial charge is 0.466 e. The predicted octanol–water partition coefficient (Wildman–Crippen LogP) is 2.00. The molecule has 3 rings (SSSR count). The lowest BCUT2D eigenvalue weighted by Crippen LogP contribution is -2.31. The van der Waals surface area contributed by atoms with Crippen molar-refractivity contribution in [2.45, 2.75) is 0 Å². The summed E-state index contributed by atoms with van der Waals surface area (Å²) in [6, 6.07) is 8.27. The van der Waals surface area contributed by atoms with E-state index in [-0.39, 0.29) is 42.3 Å². The van der Waals surface area contributed by atoms with Crippen LogP contribution in [0.25, 0.3) is 10.4 Å². The number of carbonyl (C=O) groups excluding carboxylic acids is 2. The van der Waals surface area contributed by atoms with Crippen LogP contribution in [-0.4, -0.2) is 53.6 Å². The number of amides is 1. The minimum Gasteiger partial charge on any atom is -0.466 e. The lowest BCUT2D eigenvalue weighted by molar-refractivity contribution is -0.383. The van der Waals surface area contributed by atoms with Gasteiger partial charge in [0, 0.05) is 17.5 Å². The standard InChI is InChI=1S/C18H17N3O6S/c1-27-18(24)12-10-20(6-7-22)17(23)16(12)19-13-9-11(15-3-2-8-28-15)4-5-14(13)21(25)26/h2-5,8-9,19,22H,6-7,10H2,1H3.